The van der Waals surface area contributed by atoms with Crippen LogP contribution in [0.5, 0.6) is 0 Å². The maximum atomic E-state index is 12.6. The van der Waals surface area contributed by atoms with E-state index in [1.54, 1.807) is 23.7 Å². The number of anilines is 1. The van der Waals surface area contributed by atoms with Gasteiger partial charge in [-0.1, -0.05) is 15.9 Å². The summed E-state index contributed by atoms with van der Waals surface area (Å²) in [4.78, 5) is 24.8. The summed E-state index contributed by atoms with van der Waals surface area (Å²) in [6.45, 7) is 0. The van der Waals surface area contributed by atoms with Gasteiger partial charge in [-0.25, -0.2) is 9.36 Å². The molecule has 3 rings (SSSR count). The zero-order valence-electron chi connectivity index (χ0n) is 11.0. The number of hydrogen-bond acceptors (Lipinski definition) is 3. The Morgan fingerprint density at radius 1 is 1.20 bits per heavy atom. The quantitative estimate of drug-likeness (QED) is 0.934. The highest BCUT2D eigenvalue weighted by Crippen LogP contribution is 2.35. The first kappa shape index (κ1) is 13.2. The van der Waals surface area contributed by atoms with E-state index in [9.17, 15) is 9.59 Å². The summed E-state index contributed by atoms with van der Waals surface area (Å²) >= 11 is 3.34. The first-order valence-corrected chi connectivity index (χ1v) is 7.23. The number of nitrogens with one attached hydrogen (secondary N) is 1. The third kappa shape index (κ3) is 2.20. The topological polar surface area (TPSA) is 56.0 Å². The molecule has 1 heterocycles. The van der Waals surface area contributed by atoms with Gasteiger partial charge >= 0.3 is 5.69 Å². The zero-order valence-corrected chi connectivity index (χ0v) is 12.6. The fraction of sp³-hybridized carbons (Fsp3) is 0.286. The van der Waals surface area contributed by atoms with E-state index in [-0.39, 0.29) is 17.3 Å². The summed E-state index contributed by atoms with van der Waals surface area (Å²) in [5, 5.41) is 2.93. The zero-order chi connectivity index (χ0) is 14.3. The van der Waals surface area contributed by atoms with Crippen molar-refractivity contribution in [2.45, 2.75) is 18.9 Å². The first-order valence-electron chi connectivity index (χ1n) is 6.44. The molecule has 1 fully saturated rings. The van der Waals surface area contributed by atoms with Crippen LogP contribution in [0.1, 0.15) is 18.9 Å². The van der Waals surface area contributed by atoms with E-state index < -0.39 is 0 Å². The van der Waals surface area contributed by atoms with Crippen molar-refractivity contribution in [1.82, 2.24) is 9.13 Å². The van der Waals surface area contributed by atoms with E-state index in [1.807, 2.05) is 12.1 Å². The monoisotopic (exact) mass is 335 g/mol. The van der Waals surface area contributed by atoms with E-state index in [1.165, 1.54) is 10.6 Å². The molecule has 1 aliphatic carbocycles. The molecule has 0 aliphatic heterocycles. The Morgan fingerprint density at radius 2 is 1.85 bits per heavy atom. The van der Waals surface area contributed by atoms with Crippen LogP contribution in [-0.2, 0) is 0 Å². The lowest BCUT2D eigenvalue weighted by molar-refractivity contribution is 0.653. The minimum Gasteiger partial charge on any atom is -0.374 e. The molecule has 5 nitrogen and oxygen atoms in total. The first-order chi connectivity index (χ1) is 9.61. The van der Waals surface area contributed by atoms with E-state index >= 15 is 0 Å². The maximum absolute atomic E-state index is 12.6. The second kappa shape index (κ2) is 4.94. The Kier molecular flexibility index (Phi) is 3.25. The Morgan fingerprint density at radius 3 is 2.40 bits per heavy atom. The predicted molar refractivity (Wildman–Crippen MR) is 81.8 cm³/mol. The van der Waals surface area contributed by atoms with Crippen LogP contribution >= 0.6 is 15.9 Å². The lowest BCUT2D eigenvalue weighted by Gasteiger charge is -2.14. The van der Waals surface area contributed by atoms with Gasteiger partial charge in [-0.3, -0.25) is 9.36 Å². The number of aromatic nitrogens is 2. The van der Waals surface area contributed by atoms with Crippen LogP contribution in [0.15, 0.2) is 44.4 Å². The fourth-order valence-electron chi connectivity index (χ4n) is 2.26. The normalized spacial score (nSPS) is 14.3. The molecule has 1 aliphatic rings. The van der Waals surface area contributed by atoms with Gasteiger partial charge in [0, 0.05) is 23.6 Å². The molecule has 0 atom stereocenters. The molecule has 104 valence electrons. The van der Waals surface area contributed by atoms with Gasteiger partial charge in [0.05, 0.1) is 5.69 Å². The molecule has 6 heteroatoms. The second-order valence-corrected chi connectivity index (χ2v) is 5.73. The van der Waals surface area contributed by atoms with Crippen molar-refractivity contribution in [2.24, 2.45) is 0 Å². The average Bonchev–Trinajstić information content (AvgIpc) is 3.24. The molecule has 1 aromatic carbocycles. The SMILES string of the molecule is CNc1cc(=O)n(-c2ccc(Br)cc2)c(=O)n1C1CC1. The summed E-state index contributed by atoms with van der Waals surface area (Å²) in [5.41, 5.74) is -0.0227. The fourth-order valence-corrected chi connectivity index (χ4v) is 2.53. The highest BCUT2D eigenvalue weighted by Gasteiger charge is 2.28. The molecule has 0 amide bonds. The molecule has 0 saturated heterocycles. The largest absolute Gasteiger partial charge is 0.374 e. The van der Waals surface area contributed by atoms with Crippen LogP contribution in [0, 0.1) is 0 Å². The summed E-state index contributed by atoms with van der Waals surface area (Å²) in [6.07, 6.45) is 1.96. The average molecular weight is 336 g/mol. The Labute approximate surface area is 124 Å². The molecule has 1 saturated carbocycles. The van der Waals surface area contributed by atoms with Crippen molar-refractivity contribution in [3.8, 4) is 5.69 Å². The molecule has 1 aromatic heterocycles. The van der Waals surface area contributed by atoms with Crippen molar-refractivity contribution in [2.75, 3.05) is 12.4 Å². The van der Waals surface area contributed by atoms with Crippen molar-refractivity contribution in [1.29, 1.82) is 0 Å². The lowest BCUT2D eigenvalue weighted by atomic mass is 10.3. The van der Waals surface area contributed by atoms with Gasteiger partial charge < -0.3 is 5.32 Å². The molecule has 2 aromatic rings. The lowest BCUT2D eigenvalue weighted by Crippen LogP contribution is -2.39. The minimum atomic E-state index is -0.321. The predicted octanol–water partition coefficient (Wildman–Crippen LogP) is 2.14. The summed E-state index contributed by atoms with van der Waals surface area (Å²) < 4.78 is 3.79. The third-order valence-electron chi connectivity index (χ3n) is 3.39. The van der Waals surface area contributed by atoms with Gasteiger partial charge in [0.25, 0.3) is 5.56 Å². The highest BCUT2D eigenvalue weighted by atomic mass is 79.9. The van der Waals surface area contributed by atoms with Crippen LogP contribution in [0.2, 0.25) is 0 Å². The van der Waals surface area contributed by atoms with Crippen LogP contribution in [0.4, 0.5) is 5.82 Å². The molecule has 0 spiro atoms. The van der Waals surface area contributed by atoms with Crippen molar-refractivity contribution in [3.05, 3.63) is 55.6 Å². The molecule has 1 N–H and O–H groups in total. The van der Waals surface area contributed by atoms with Crippen molar-refractivity contribution >= 4 is 21.7 Å². The summed E-state index contributed by atoms with van der Waals surface area (Å²) in [7, 11) is 1.72. The molecule has 0 bridgehead atoms. The highest BCUT2D eigenvalue weighted by molar-refractivity contribution is 9.10. The standard InChI is InChI=1S/C14H14BrN3O2/c1-16-12-8-13(19)18(11-4-2-9(15)3-5-11)14(20)17(12)10-6-7-10/h2-5,8,10,16H,6-7H2,1H3. The number of nitrogens with zero attached hydrogens (tertiary/aromatic N) is 2. The molecule has 0 unspecified atom stereocenters. The summed E-state index contributed by atoms with van der Waals surface area (Å²) in [6, 6.07) is 8.81. The van der Waals surface area contributed by atoms with Crippen LogP contribution in [0.3, 0.4) is 0 Å². The number of rotatable bonds is 3. The van der Waals surface area contributed by atoms with Crippen LogP contribution in [0.25, 0.3) is 5.69 Å². The summed E-state index contributed by atoms with van der Waals surface area (Å²) in [5.74, 6) is 0.580. The van der Waals surface area contributed by atoms with E-state index in [0.29, 0.717) is 11.5 Å². The van der Waals surface area contributed by atoms with Gasteiger partial charge in [0.2, 0.25) is 0 Å². The van der Waals surface area contributed by atoms with Crippen LogP contribution in [-0.4, -0.2) is 16.2 Å². The molecular weight excluding hydrogens is 322 g/mol. The third-order valence-corrected chi connectivity index (χ3v) is 3.92. The molecular formula is C14H14BrN3O2. The van der Waals surface area contributed by atoms with Crippen LogP contribution < -0.4 is 16.6 Å². The second-order valence-electron chi connectivity index (χ2n) is 4.81. The van der Waals surface area contributed by atoms with E-state index in [4.69, 9.17) is 0 Å². The van der Waals surface area contributed by atoms with Crippen molar-refractivity contribution in [3.63, 3.8) is 0 Å². The molecule has 20 heavy (non-hydrogen) atoms. The van der Waals surface area contributed by atoms with E-state index in [0.717, 1.165) is 17.3 Å². The number of halogens is 1. The van der Waals surface area contributed by atoms with Gasteiger partial charge in [-0.15, -0.1) is 0 Å². The van der Waals surface area contributed by atoms with Gasteiger partial charge in [0.1, 0.15) is 5.82 Å². The van der Waals surface area contributed by atoms with E-state index in [2.05, 4.69) is 21.2 Å². The van der Waals surface area contributed by atoms with Gasteiger partial charge in [0.15, 0.2) is 0 Å². The number of hydrogen-bond donors (Lipinski definition) is 1. The Balaban J connectivity index is 2.26. The molecule has 0 radical (unpaired) electrons. The van der Waals surface area contributed by atoms with Gasteiger partial charge in [-0.05, 0) is 37.1 Å². The Hall–Kier alpha value is -1.82. The minimum absolute atomic E-state index is 0.201. The van der Waals surface area contributed by atoms with Crippen molar-refractivity contribution < 1.29 is 0 Å². The Bertz CT molecular complexity index is 757. The maximum Gasteiger partial charge on any atom is 0.337 e. The number of benzene rings is 1. The van der Waals surface area contributed by atoms with Gasteiger partial charge in [-0.2, -0.15) is 0 Å². The smallest absolute Gasteiger partial charge is 0.337 e.